The molecule has 0 aliphatic heterocycles. The lowest BCUT2D eigenvalue weighted by Crippen LogP contribution is -2.04. The lowest BCUT2D eigenvalue weighted by molar-refractivity contribution is 0.977. The summed E-state index contributed by atoms with van der Waals surface area (Å²) >= 11 is 0. The predicted octanol–water partition coefficient (Wildman–Crippen LogP) is 1.37. The highest BCUT2D eigenvalue weighted by Gasteiger charge is 1.97. The van der Waals surface area contributed by atoms with E-state index in [0.29, 0.717) is 12.4 Å². The smallest absolute Gasteiger partial charge is 0.128 e. The molecule has 0 saturated carbocycles. The molecule has 5 heteroatoms. The molecular formula is C11H13N5. The number of nitrogens with zero attached hydrogens (tertiary/aromatic N) is 3. The summed E-state index contributed by atoms with van der Waals surface area (Å²) in [5.74, 6) is 1.24. The van der Waals surface area contributed by atoms with Gasteiger partial charge in [-0.25, -0.2) is 4.98 Å². The van der Waals surface area contributed by atoms with E-state index in [2.05, 4.69) is 20.3 Å². The molecule has 0 amide bonds. The molecule has 82 valence electrons. The fourth-order valence-electron chi connectivity index (χ4n) is 1.24. The Balaban J connectivity index is 1.99. The Morgan fingerprint density at radius 2 is 2.12 bits per heavy atom. The second-order valence-electron chi connectivity index (χ2n) is 3.45. The van der Waals surface area contributed by atoms with Crippen LogP contribution in [0.3, 0.4) is 0 Å². The molecule has 16 heavy (non-hydrogen) atoms. The van der Waals surface area contributed by atoms with Crippen molar-refractivity contribution in [3.8, 4) is 0 Å². The molecule has 2 rings (SSSR count). The van der Waals surface area contributed by atoms with Crippen LogP contribution in [0.2, 0.25) is 0 Å². The molecule has 0 saturated heterocycles. The van der Waals surface area contributed by atoms with Crippen LogP contribution in [0.1, 0.15) is 11.4 Å². The normalized spacial score (nSPS) is 10.1. The Labute approximate surface area is 93.8 Å². The topological polar surface area (TPSA) is 76.7 Å². The molecule has 0 aromatic carbocycles. The molecule has 0 aliphatic rings. The third-order valence-corrected chi connectivity index (χ3v) is 2.06. The number of hydrogen-bond acceptors (Lipinski definition) is 5. The van der Waals surface area contributed by atoms with Crippen LogP contribution in [0, 0.1) is 6.92 Å². The van der Waals surface area contributed by atoms with Crippen LogP contribution in [0.25, 0.3) is 0 Å². The highest BCUT2D eigenvalue weighted by molar-refractivity contribution is 5.42. The van der Waals surface area contributed by atoms with Crippen molar-refractivity contribution in [2.24, 2.45) is 0 Å². The van der Waals surface area contributed by atoms with Crippen molar-refractivity contribution in [3.05, 3.63) is 42.0 Å². The van der Waals surface area contributed by atoms with Crippen LogP contribution < -0.4 is 11.1 Å². The molecule has 0 aliphatic carbocycles. The van der Waals surface area contributed by atoms with Gasteiger partial charge in [-0.15, -0.1) is 0 Å². The maximum Gasteiger partial charge on any atom is 0.128 e. The number of rotatable bonds is 3. The second kappa shape index (κ2) is 4.57. The number of nitrogen functional groups attached to an aromatic ring is 1. The predicted molar refractivity (Wildman–Crippen MR) is 62.7 cm³/mol. The molecule has 0 atom stereocenters. The summed E-state index contributed by atoms with van der Waals surface area (Å²) in [5, 5.41) is 3.13. The van der Waals surface area contributed by atoms with E-state index >= 15 is 0 Å². The molecular weight excluding hydrogens is 202 g/mol. The van der Waals surface area contributed by atoms with Gasteiger partial charge in [0.1, 0.15) is 11.6 Å². The van der Waals surface area contributed by atoms with Gasteiger partial charge in [-0.1, -0.05) is 6.07 Å². The van der Waals surface area contributed by atoms with Gasteiger partial charge in [-0.05, 0) is 19.1 Å². The first-order valence-corrected chi connectivity index (χ1v) is 4.98. The van der Waals surface area contributed by atoms with E-state index in [1.54, 1.807) is 18.5 Å². The number of nitrogens with two attached hydrogens (primary N) is 1. The largest absolute Gasteiger partial charge is 0.384 e. The Morgan fingerprint density at radius 1 is 1.25 bits per heavy atom. The summed E-state index contributed by atoms with van der Waals surface area (Å²) < 4.78 is 0. The summed E-state index contributed by atoms with van der Waals surface area (Å²) in [6, 6.07) is 5.46. The molecule has 2 heterocycles. The summed E-state index contributed by atoms with van der Waals surface area (Å²) in [5.41, 5.74) is 7.35. The number of aromatic nitrogens is 3. The van der Waals surface area contributed by atoms with Crippen LogP contribution in [-0.4, -0.2) is 15.0 Å². The van der Waals surface area contributed by atoms with Gasteiger partial charge in [-0.2, -0.15) is 0 Å². The molecule has 0 unspecified atom stereocenters. The zero-order valence-electron chi connectivity index (χ0n) is 9.01. The number of pyridine rings is 1. The van der Waals surface area contributed by atoms with Crippen molar-refractivity contribution in [2.75, 3.05) is 11.1 Å². The summed E-state index contributed by atoms with van der Waals surface area (Å²) in [6.07, 6.45) is 3.48. The highest BCUT2D eigenvalue weighted by atomic mass is 15.0. The minimum absolute atomic E-state index is 0.500. The van der Waals surface area contributed by atoms with Gasteiger partial charge >= 0.3 is 0 Å². The molecule has 2 aromatic heterocycles. The first-order chi connectivity index (χ1) is 7.74. The molecule has 0 radical (unpaired) electrons. The van der Waals surface area contributed by atoms with E-state index < -0.39 is 0 Å². The van der Waals surface area contributed by atoms with Gasteiger partial charge in [-0.3, -0.25) is 9.97 Å². The highest BCUT2D eigenvalue weighted by Crippen LogP contribution is 2.06. The summed E-state index contributed by atoms with van der Waals surface area (Å²) in [6.45, 7) is 2.49. The third-order valence-electron chi connectivity index (χ3n) is 2.06. The monoisotopic (exact) mass is 215 g/mol. The van der Waals surface area contributed by atoms with Crippen LogP contribution >= 0.6 is 0 Å². The Bertz CT molecular complexity index is 466. The van der Waals surface area contributed by atoms with E-state index in [9.17, 15) is 0 Å². The molecule has 0 bridgehead atoms. The molecule has 3 N–H and O–H groups in total. The van der Waals surface area contributed by atoms with Crippen molar-refractivity contribution < 1.29 is 0 Å². The van der Waals surface area contributed by atoms with Crippen molar-refractivity contribution in [2.45, 2.75) is 13.5 Å². The summed E-state index contributed by atoms with van der Waals surface area (Å²) in [4.78, 5) is 12.5. The third kappa shape index (κ3) is 2.66. The van der Waals surface area contributed by atoms with Crippen LogP contribution in [-0.2, 0) is 6.54 Å². The molecule has 2 aromatic rings. The van der Waals surface area contributed by atoms with E-state index in [-0.39, 0.29) is 0 Å². The average Bonchev–Trinajstić information content (AvgIpc) is 2.28. The van der Waals surface area contributed by atoms with Crippen LogP contribution in [0.5, 0.6) is 0 Å². The SMILES string of the molecule is Cc1cnc(CNc2cccc(N)n2)cn1. The minimum Gasteiger partial charge on any atom is -0.384 e. The van der Waals surface area contributed by atoms with Gasteiger partial charge in [0.2, 0.25) is 0 Å². The van der Waals surface area contributed by atoms with Gasteiger partial charge in [0.05, 0.1) is 24.1 Å². The molecule has 0 fully saturated rings. The summed E-state index contributed by atoms with van der Waals surface area (Å²) in [7, 11) is 0. The van der Waals surface area contributed by atoms with E-state index in [1.807, 2.05) is 19.1 Å². The Hall–Kier alpha value is -2.17. The minimum atomic E-state index is 0.500. The second-order valence-corrected chi connectivity index (χ2v) is 3.45. The van der Waals surface area contributed by atoms with E-state index in [0.717, 1.165) is 17.2 Å². The van der Waals surface area contributed by atoms with Gasteiger partial charge < -0.3 is 11.1 Å². The fourth-order valence-corrected chi connectivity index (χ4v) is 1.24. The lowest BCUT2D eigenvalue weighted by Gasteiger charge is -2.05. The first-order valence-electron chi connectivity index (χ1n) is 4.98. The van der Waals surface area contributed by atoms with Crippen molar-refractivity contribution in [3.63, 3.8) is 0 Å². The van der Waals surface area contributed by atoms with Gasteiger partial charge in [0.15, 0.2) is 0 Å². The zero-order valence-corrected chi connectivity index (χ0v) is 9.01. The molecule has 5 nitrogen and oxygen atoms in total. The maximum atomic E-state index is 5.57. The number of anilines is 2. The Morgan fingerprint density at radius 3 is 2.81 bits per heavy atom. The Kier molecular flexibility index (Phi) is 2.95. The van der Waals surface area contributed by atoms with Gasteiger partial charge in [0.25, 0.3) is 0 Å². The van der Waals surface area contributed by atoms with Crippen molar-refractivity contribution >= 4 is 11.6 Å². The quantitative estimate of drug-likeness (QED) is 0.808. The standard InChI is InChI=1S/C11H13N5/c1-8-5-14-9(6-13-8)7-15-11-4-2-3-10(12)16-11/h2-6H,7H2,1H3,(H3,12,15,16). The molecule has 0 spiro atoms. The van der Waals surface area contributed by atoms with E-state index in [1.165, 1.54) is 0 Å². The maximum absolute atomic E-state index is 5.57. The van der Waals surface area contributed by atoms with Crippen molar-refractivity contribution in [1.29, 1.82) is 0 Å². The average molecular weight is 215 g/mol. The number of hydrogen-bond donors (Lipinski definition) is 2. The fraction of sp³-hybridized carbons (Fsp3) is 0.182. The van der Waals surface area contributed by atoms with Gasteiger partial charge in [0, 0.05) is 6.20 Å². The first kappa shape index (κ1) is 10.4. The van der Waals surface area contributed by atoms with Crippen LogP contribution in [0.15, 0.2) is 30.6 Å². The number of nitrogens with one attached hydrogen (secondary N) is 1. The van der Waals surface area contributed by atoms with Crippen molar-refractivity contribution in [1.82, 2.24) is 15.0 Å². The number of aryl methyl sites for hydroxylation is 1. The lowest BCUT2D eigenvalue weighted by atomic mass is 10.4. The van der Waals surface area contributed by atoms with E-state index in [4.69, 9.17) is 5.73 Å². The zero-order chi connectivity index (χ0) is 11.4. The van der Waals surface area contributed by atoms with Crippen LogP contribution in [0.4, 0.5) is 11.6 Å².